The summed E-state index contributed by atoms with van der Waals surface area (Å²) in [5, 5.41) is 2.55. The second-order valence-electron chi connectivity index (χ2n) is 13.6. The maximum Gasteiger partial charge on any atom is 0.460 e. The highest BCUT2D eigenvalue weighted by Crippen LogP contribution is 2.64. The molecule has 7 nitrogen and oxygen atoms in total. The van der Waals surface area contributed by atoms with E-state index in [-0.39, 0.29) is 29.7 Å². The van der Waals surface area contributed by atoms with Crippen molar-refractivity contribution < 1.29 is 98.6 Å². The van der Waals surface area contributed by atoms with Gasteiger partial charge in [0.15, 0.2) is 5.78 Å². The number of amides is 2. The predicted molar refractivity (Wildman–Crippen MR) is 165 cm³/mol. The van der Waals surface area contributed by atoms with Crippen LogP contribution in [0.3, 0.4) is 0 Å². The third kappa shape index (κ3) is 9.33. The van der Waals surface area contributed by atoms with Gasteiger partial charge in [-0.1, -0.05) is 44.2 Å². The van der Waals surface area contributed by atoms with Crippen LogP contribution in [0.15, 0.2) is 35.9 Å². The molecule has 0 aromatic heterocycles. The minimum atomic E-state index is -8.78. The Morgan fingerprint density at radius 1 is 0.707 bits per heavy atom. The first kappa shape index (κ1) is 48.2. The van der Waals surface area contributed by atoms with E-state index < -0.39 is 103 Å². The number of esters is 1. The number of carbonyl (C=O) groups excluding carboxylic acids is 4. The largest absolute Gasteiger partial charge is 0.464 e. The molecule has 3 rings (SSSR count). The number of ketones is 1. The number of allylic oxidation sites excluding steroid dienone is 1. The van der Waals surface area contributed by atoms with E-state index in [1.807, 2.05) is 0 Å². The Bertz CT molecular complexity index is 1710. The Hall–Kier alpha value is -4.15. The van der Waals surface area contributed by atoms with Gasteiger partial charge in [-0.05, 0) is 37.5 Å². The number of rotatable bonds is 11. The van der Waals surface area contributed by atoms with Crippen LogP contribution < -0.4 is 5.32 Å². The van der Waals surface area contributed by atoms with E-state index in [2.05, 4.69) is 10.1 Å². The number of alkyl halides is 17. The van der Waals surface area contributed by atoms with Gasteiger partial charge in [0.2, 0.25) is 5.91 Å². The summed E-state index contributed by atoms with van der Waals surface area (Å²) in [5.74, 6) is -62.0. The fourth-order valence-electron chi connectivity index (χ4n) is 5.92. The van der Waals surface area contributed by atoms with Gasteiger partial charge in [-0.2, -0.15) is 74.6 Å². The number of ether oxygens (including phenoxy) is 1. The first-order valence-electron chi connectivity index (χ1n) is 17.2. The molecule has 0 radical (unpaired) electrons. The van der Waals surface area contributed by atoms with E-state index in [4.69, 9.17) is 0 Å². The monoisotopic (exact) mass is 872 g/mol. The number of hydrogen-bond acceptors (Lipinski definition) is 5. The van der Waals surface area contributed by atoms with E-state index in [0.29, 0.717) is 24.2 Å². The molecule has 328 valence electrons. The van der Waals surface area contributed by atoms with Gasteiger partial charge in [0, 0.05) is 35.7 Å². The fourth-order valence-corrected chi connectivity index (χ4v) is 5.92. The summed E-state index contributed by atoms with van der Waals surface area (Å²) in [7, 11) is 0. The second kappa shape index (κ2) is 17.2. The minimum absolute atomic E-state index is 0.0155. The maximum atomic E-state index is 14.4. The quantitative estimate of drug-likeness (QED) is 0.177. The first-order valence-corrected chi connectivity index (χ1v) is 17.2. The van der Waals surface area contributed by atoms with Gasteiger partial charge in [0.25, 0.3) is 5.91 Å². The van der Waals surface area contributed by atoms with Crippen LogP contribution in [0.2, 0.25) is 0 Å². The summed E-state index contributed by atoms with van der Waals surface area (Å²) in [6.07, 6.45) is -4.37. The molecule has 2 amide bonds. The number of nitrogens with zero attached hydrogens (tertiary/aromatic N) is 1. The Balaban J connectivity index is 1.83. The molecule has 1 atom stereocenters. The Kier molecular flexibility index (Phi) is 14.3. The lowest BCUT2D eigenvalue weighted by atomic mass is 9.88. The average molecular weight is 873 g/mol. The summed E-state index contributed by atoms with van der Waals surface area (Å²) in [6.45, 7) is -4.19. The highest BCUT2D eigenvalue weighted by Gasteiger charge is 2.95. The standard InChI is InChI=1S/C34H33F17N2O5/c35-27(36,28(37,38)29(39,40)30(41,42)31(43,44)32(45,46)33(47,48)34(49,50)51)14-15-58-24(55)18-53-17-21-13-12-19(25(21)56)8-5-3-1-2-4-6-11-23(54)52-22-10-7-9-20(16-22)26(53)57/h7,9-10,13,16,19H,1-6,8,11-12,14-15,17-18H2,(H,52,54). The van der Waals surface area contributed by atoms with Crippen LogP contribution in [0.4, 0.5) is 80.3 Å². The summed E-state index contributed by atoms with van der Waals surface area (Å²) in [6, 6.07) is 4.98. The molecule has 58 heavy (non-hydrogen) atoms. The van der Waals surface area contributed by atoms with Gasteiger partial charge >= 0.3 is 53.6 Å². The van der Waals surface area contributed by atoms with Crippen molar-refractivity contribution >= 4 is 29.3 Å². The minimum Gasteiger partial charge on any atom is -0.464 e. The lowest BCUT2D eigenvalue weighted by molar-refractivity contribution is -0.461. The molecule has 1 aromatic rings. The number of Topliss-reactive ketones (excluding diaryl/α,β-unsaturated/α-hetero) is 1. The molecule has 1 aromatic carbocycles. The molecule has 0 saturated carbocycles. The zero-order valence-electron chi connectivity index (χ0n) is 29.6. The number of anilines is 1. The molecular formula is C34H33F17N2O5. The summed E-state index contributed by atoms with van der Waals surface area (Å²) >= 11 is 0. The lowest BCUT2D eigenvalue weighted by Gasteiger charge is -2.42. The van der Waals surface area contributed by atoms with E-state index >= 15 is 0 Å². The number of nitrogens with one attached hydrogen (secondary N) is 1. The van der Waals surface area contributed by atoms with E-state index in [1.165, 1.54) is 24.3 Å². The third-order valence-electron chi connectivity index (χ3n) is 9.37. The number of hydrogen-bond donors (Lipinski definition) is 1. The van der Waals surface area contributed by atoms with Gasteiger partial charge in [-0.25, -0.2) is 0 Å². The molecule has 4 bridgehead atoms. The van der Waals surface area contributed by atoms with Crippen molar-refractivity contribution in [1.29, 1.82) is 0 Å². The molecule has 2 aliphatic rings. The van der Waals surface area contributed by atoms with Gasteiger partial charge in [0.1, 0.15) is 6.54 Å². The zero-order valence-corrected chi connectivity index (χ0v) is 29.6. The topological polar surface area (TPSA) is 92.8 Å². The SMILES string of the molecule is O=C1CCCCCCCCC2CC=C(CN(CC(=O)OCCC(F)(F)C(F)(F)C(F)(F)C(F)(F)C(F)(F)C(F)(F)C(F)(F)C(F)(F)F)C(=O)c3cccc(c3)N1)C2=O. The molecular weight excluding hydrogens is 839 g/mol. The summed E-state index contributed by atoms with van der Waals surface area (Å²) < 4.78 is 235. The van der Waals surface area contributed by atoms with Crippen molar-refractivity contribution in [1.82, 2.24) is 4.90 Å². The van der Waals surface area contributed by atoms with Crippen LogP contribution >= 0.6 is 0 Å². The highest BCUT2D eigenvalue weighted by atomic mass is 19.4. The van der Waals surface area contributed by atoms with Crippen molar-refractivity contribution in [3.05, 3.63) is 41.5 Å². The van der Waals surface area contributed by atoms with Crippen molar-refractivity contribution in [2.45, 2.75) is 112 Å². The molecule has 0 fully saturated rings. The number of benzene rings is 1. The second-order valence-corrected chi connectivity index (χ2v) is 13.6. The van der Waals surface area contributed by atoms with Crippen LogP contribution in [-0.4, -0.2) is 95.8 Å². The van der Waals surface area contributed by atoms with Crippen LogP contribution in [0.25, 0.3) is 0 Å². The van der Waals surface area contributed by atoms with Gasteiger partial charge in [0.05, 0.1) is 13.0 Å². The summed E-state index contributed by atoms with van der Waals surface area (Å²) in [4.78, 5) is 52.3. The molecule has 1 unspecified atom stereocenters. The van der Waals surface area contributed by atoms with Crippen LogP contribution in [0.1, 0.15) is 74.6 Å². The van der Waals surface area contributed by atoms with Crippen molar-refractivity contribution in [2.24, 2.45) is 5.92 Å². The van der Waals surface area contributed by atoms with Crippen LogP contribution in [-0.2, 0) is 19.1 Å². The Labute approximate surface area is 317 Å². The molecule has 0 saturated heterocycles. The lowest BCUT2D eigenvalue weighted by Crippen LogP contribution is -2.74. The normalized spacial score (nSPS) is 19.5. The van der Waals surface area contributed by atoms with Crippen molar-refractivity contribution in [3.63, 3.8) is 0 Å². The highest BCUT2D eigenvalue weighted by molar-refractivity contribution is 6.02. The van der Waals surface area contributed by atoms with Crippen molar-refractivity contribution in [2.75, 3.05) is 25.0 Å². The fraction of sp³-hybridized carbons (Fsp3) is 0.647. The van der Waals surface area contributed by atoms with Gasteiger partial charge in [-0.3, -0.25) is 19.2 Å². The first-order chi connectivity index (χ1) is 26.4. The zero-order chi connectivity index (χ0) is 44.3. The molecule has 1 heterocycles. The molecule has 1 N–H and O–H groups in total. The maximum absolute atomic E-state index is 14.4. The average Bonchev–Trinajstić information content (AvgIpc) is 3.45. The third-order valence-corrected chi connectivity index (χ3v) is 9.37. The Morgan fingerprint density at radius 2 is 1.24 bits per heavy atom. The smallest absolute Gasteiger partial charge is 0.460 e. The van der Waals surface area contributed by atoms with Crippen molar-refractivity contribution in [3.8, 4) is 0 Å². The Morgan fingerprint density at radius 3 is 1.83 bits per heavy atom. The molecule has 24 heteroatoms. The van der Waals surface area contributed by atoms with Gasteiger partial charge < -0.3 is 15.0 Å². The number of fused-ring (bicyclic) bond motifs is 4. The summed E-state index contributed by atoms with van der Waals surface area (Å²) in [5.41, 5.74) is -0.178. The molecule has 1 aliphatic heterocycles. The molecule has 1 aliphatic carbocycles. The molecule has 0 spiro atoms. The number of carbonyl (C=O) groups is 4. The number of halogens is 17. The van der Waals surface area contributed by atoms with E-state index in [9.17, 15) is 93.8 Å². The van der Waals surface area contributed by atoms with Crippen LogP contribution in [0.5, 0.6) is 0 Å². The van der Waals surface area contributed by atoms with E-state index in [1.54, 1.807) is 0 Å². The van der Waals surface area contributed by atoms with Gasteiger partial charge in [-0.15, -0.1) is 0 Å². The van der Waals surface area contributed by atoms with Crippen LogP contribution in [0, 0.1) is 5.92 Å². The van der Waals surface area contributed by atoms with E-state index in [0.717, 1.165) is 31.7 Å². The predicted octanol–water partition coefficient (Wildman–Crippen LogP) is 9.66.